The monoisotopic (exact) mass is 183 g/mol. The van der Waals surface area contributed by atoms with Gasteiger partial charge in [-0.1, -0.05) is 0 Å². The van der Waals surface area contributed by atoms with Gasteiger partial charge < -0.3 is 15.0 Å². The fourth-order valence-electron chi connectivity index (χ4n) is 1.21. The van der Waals surface area contributed by atoms with Crippen molar-refractivity contribution in [2.24, 2.45) is 5.73 Å². The van der Waals surface area contributed by atoms with Crippen LogP contribution in [0.15, 0.2) is 12.4 Å². The lowest BCUT2D eigenvalue weighted by Gasteiger charge is -2.05. The van der Waals surface area contributed by atoms with E-state index in [9.17, 15) is 0 Å². The average molecular weight is 183 g/mol. The van der Waals surface area contributed by atoms with Crippen molar-refractivity contribution in [1.29, 1.82) is 0 Å². The van der Waals surface area contributed by atoms with Crippen LogP contribution in [0.2, 0.25) is 0 Å². The number of nitrogens with zero attached hydrogens (tertiary/aromatic N) is 2. The van der Waals surface area contributed by atoms with Crippen LogP contribution in [0.4, 0.5) is 0 Å². The maximum atomic E-state index is 5.51. The number of aryl methyl sites for hydroxylation is 1. The first-order chi connectivity index (χ1) is 6.38. The van der Waals surface area contributed by atoms with Gasteiger partial charge in [-0.3, -0.25) is 0 Å². The minimum absolute atomic E-state index is 0.502. The van der Waals surface area contributed by atoms with Crippen LogP contribution in [-0.2, 0) is 17.8 Å². The molecule has 0 aliphatic rings. The van der Waals surface area contributed by atoms with Crippen molar-refractivity contribution in [2.45, 2.75) is 26.4 Å². The van der Waals surface area contributed by atoms with E-state index in [1.807, 2.05) is 13.1 Å². The van der Waals surface area contributed by atoms with E-state index in [1.54, 1.807) is 6.20 Å². The molecule has 0 aromatic carbocycles. The van der Waals surface area contributed by atoms with Gasteiger partial charge >= 0.3 is 0 Å². The molecule has 0 fully saturated rings. The molecular weight excluding hydrogens is 166 g/mol. The predicted molar refractivity (Wildman–Crippen MR) is 51.2 cm³/mol. The van der Waals surface area contributed by atoms with E-state index in [0.717, 1.165) is 32.0 Å². The maximum Gasteiger partial charge on any atom is 0.122 e. The summed E-state index contributed by atoms with van der Waals surface area (Å²) in [5.74, 6) is 0.941. The highest BCUT2D eigenvalue weighted by Gasteiger charge is 1.98. The molecule has 4 nitrogen and oxygen atoms in total. The summed E-state index contributed by atoms with van der Waals surface area (Å²) in [5, 5.41) is 0. The van der Waals surface area contributed by atoms with Gasteiger partial charge in [0.1, 0.15) is 5.82 Å². The van der Waals surface area contributed by atoms with Crippen LogP contribution >= 0.6 is 0 Å². The second-order valence-corrected chi connectivity index (χ2v) is 2.79. The molecule has 0 radical (unpaired) electrons. The number of aromatic nitrogens is 2. The van der Waals surface area contributed by atoms with Crippen molar-refractivity contribution in [3.63, 3.8) is 0 Å². The highest BCUT2D eigenvalue weighted by molar-refractivity contribution is 4.90. The topological polar surface area (TPSA) is 53.1 Å². The van der Waals surface area contributed by atoms with E-state index < -0.39 is 0 Å². The third kappa shape index (κ3) is 3.16. The van der Waals surface area contributed by atoms with Crippen molar-refractivity contribution in [2.75, 3.05) is 13.2 Å². The summed E-state index contributed by atoms with van der Waals surface area (Å²) in [6, 6.07) is 0. The Morgan fingerprint density at radius 2 is 2.46 bits per heavy atom. The molecule has 2 N–H and O–H groups in total. The smallest absolute Gasteiger partial charge is 0.122 e. The normalized spacial score (nSPS) is 10.6. The predicted octanol–water partition coefficient (Wildman–Crippen LogP) is 0.768. The Balaban J connectivity index is 2.27. The van der Waals surface area contributed by atoms with Crippen LogP contribution in [0.3, 0.4) is 0 Å². The minimum Gasteiger partial charge on any atom is -0.382 e. The van der Waals surface area contributed by atoms with E-state index >= 15 is 0 Å². The zero-order chi connectivity index (χ0) is 9.52. The van der Waals surface area contributed by atoms with Crippen LogP contribution in [-0.4, -0.2) is 22.8 Å². The van der Waals surface area contributed by atoms with Crippen molar-refractivity contribution >= 4 is 0 Å². The molecule has 0 atom stereocenters. The molecule has 13 heavy (non-hydrogen) atoms. The summed E-state index contributed by atoms with van der Waals surface area (Å²) in [6.07, 6.45) is 4.74. The van der Waals surface area contributed by atoms with E-state index in [4.69, 9.17) is 10.5 Å². The molecular formula is C9H17N3O. The molecule has 1 rings (SSSR count). The van der Waals surface area contributed by atoms with Crippen LogP contribution in [0.5, 0.6) is 0 Å². The van der Waals surface area contributed by atoms with Crippen LogP contribution in [0.25, 0.3) is 0 Å². The zero-order valence-electron chi connectivity index (χ0n) is 8.07. The van der Waals surface area contributed by atoms with E-state index in [0.29, 0.717) is 6.54 Å². The molecule has 0 unspecified atom stereocenters. The molecule has 4 heteroatoms. The van der Waals surface area contributed by atoms with Gasteiger partial charge in [-0.05, 0) is 13.3 Å². The van der Waals surface area contributed by atoms with Crippen LogP contribution in [0.1, 0.15) is 19.2 Å². The average Bonchev–Trinajstić information content (AvgIpc) is 2.60. The third-order valence-electron chi connectivity index (χ3n) is 1.88. The van der Waals surface area contributed by atoms with Crippen molar-refractivity contribution in [3.05, 3.63) is 18.2 Å². The lowest BCUT2D eigenvalue weighted by Crippen LogP contribution is -2.09. The summed E-state index contributed by atoms with van der Waals surface area (Å²) >= 11 is 0. The molecule has 74 valence electrons. The zero-order valence-corrected chi connectivity index (χ0v) is 8.07. The van der Waals surface area contributed by atoms with Gasteiger partial charge in [0, 0.05) is 32.2 Å². The van der Waals surface area contributed by atoms with Gasteiger partial charge in [-0.25, -0.2) is 4.98 Å². The van der Waals surface area contributed by atoms with Crippen molar-refractivity contribution in [3.8, 4) is 0 Å². The summed E-state index contributed by atoms with van der Waals surface area (Å²) in [6.45, 7) is 5.03. The Bertz CT molecular complexity index is 235. The molecule has 0 aliphatic heterocycles. The Kier molecular flexibility index (Phi) is 4.49. The second kappa shape index (κ2) is 5.72. The molecule has 0 bridgehead atoms. The van der Waals surface area contributed by atoms with Crippen LogP contribution < -0.4 is 5.73 Å². The number of imidazole rings is 1. The van der Waals surface area contributed by atoms with Crippen LogP contribution in [0, 0.1) is 0 Å². The van der Waals surface area contributed by atoms with Gasteiger partial charge in [0.15, 0.2) is 0 Å². The number of hydrogen-bond donors (Lipinski definition) is 1. The van der Waals surface area contributed by atoms with Gasteiger partial charge in [0.25, 0.3) is 0 Å². The summed E-state index contributed by atoms with van der Waals surface area (Å²) in [5.41, 5.74) is 5.51. The first-order valence-electron chi connectivity index (χ1n) is 4.66. The first-order valence-corrected chi connectivity index (χ1v) is 4.66. The summed E-state index contributed by atoms with van der Waals surface area (Å²) < 4.78 is 7.31. The lowest BCUT2D eigenvalue weighted by molar-refractivity contribution is 0.141. The van der Waals surface area contributed by atoms with E-state index in [1.165, 1.54) is 0 Å². The second-order valence-electron chi connectivity index (χ2n) is 2.79. The van der Waals surface area contributed by atoms with Gasteiger partial charge in [-0.2, -0.15) is 0 Å². The van der Waals surface area contributed by atoms with Crippen molar-refractivity contribution < 1.29 is 4.74 Å². The molecule has 1 aromatic heterocycles. The standard InChI is InChI=1S/C9H17N3O/c1-2-13-7-3-5-12-6-4-11-9(12)8-10/h4,6H,2-3,5,7-8,10H2,1H3. The number of nitrogens with two attached hydrogens (primary N) is 1. The largest absolute Gasteiger partial charge is 0.382 e. The molecule has 0 saturated carbocycles. The molecule has 1 heterocycles. The Hall–Kier alpha value is -0.870. The molecule has 0 amide bonds. The van der Waals surface area contributed by atoms with Gasteiger partial charge in [0.05, 0.1) is 6.54 Å². The lowest BCUT2D eigenvalue weighted by atomic mass is 10.4. The number of rotatable bonds is 6. The maximum absolute atomic E-state index is 5.51. The Labute approximate surface area is 78.7 Å². The fourth-order valence-corrected chi connectivity index (χ4v) is 1.21. The quantitative estimate of drug-likeness (QED) is 0.663. The summed E-state index contributed by atoms with van der Waals surface area (Å²) in [4.78, 5) is 4.13. The SMILES string of the molecule is CCOCCCn1ccnc1CN. The Morgan fingerprint density at radius 3 is 3.15 bits per heavy atom. The molecule has 0 saturated heterocycles. The molecule has 0 spiro atoms. The molecule has 0 aliphatic carbocycles. The highest BCUT2D eigenvalue weighted by atomic mass is 16.5. The fraction of sp³-hybridized carbons (Fsp3) is 0.667. The summed E-state index contributed by atoms with van der Waals surface area (Å²) in [7, 11) is 0. The first kappa shape index (κ1) is 10.2. The third-order valence-corrected chi connectivity index (χ3v) is 1.88. The Morgan fingerprint density at radius 1 is 1.62 bits per heavy atom. The van der Waals surface area contributed by atoms with Crippen molar-refractivity contribution in [1.82, 2.24) is 9.55 Å². The van der Waals surface area contributed by atoms with Gasteiger partial charge in [-0.15, -0.1) is 0 Å². The minimum atomic E-state index is 0.502. The molecule has 1 aromatic rings. The van der Waals surface area contributed by atoms with E-state index in [-0.39, 0.29) is 0 Å². The number of ether oxygens (including phenoxy) is 1. The van der Waals surface area contributed by atoms with Gasteiger partial charge in [0.2, 0.25) is 0 Å². The highest BCUT2D eigenvalue weighted by Crippen LogP contribution is 1.98. The number of hydrogen-bond acceptors (Lipinski definition) is 3. The van der Waals surface area contributed by atoms with E-state index in [2.05, 4.69) is 9.55 Å².